The number of halogens is 1. The molecule has 0 aliphatic carbocycles. The number of hydrogen-bond acceptors (Lipinski definition) is 54. The molecule has 134 heavy (non-hydrogen) atoms. The summed E-state index contributed by atoms with van der Waals surface area (Å²) in [4.78, 5) is 26.3. The van der Waals surface area contributed by atoms with Gasteiger partial charge in [0.1, 0.15) is 195 Å². The molecule has 0 spiro atoms. The average Bonchev–Trinajstić information content (AvgIpc) is 0.755. The Bertz CT molecular complexity index is 3610. The van der Waals surface area contributed by atoms with Crippen molar-refractivity contribution in [1.29, 1.82) is 0 Å². The van der Waals surface area contributed by atoms with E-state index in [4.69, 9.17) is 111 Å². The van der Waals surface area contributed by atoms with Crippen molar-refractivity contribution in [2.45, 2.75) is 370 Å². The highest BCUT2D eigenvalue weighted by atomic mass is 127. The van der Waals surface area contributed by atoms with Gasteiger partial charge in [-0.25, -0.2) is 9.59 Å². The van der Waals surface area contributed by atoms with Gasteiger partial charge in [-0.1, -0.05) is 50.3 Å². The standard InChI is InChI=1S/C77H131IN2O54/c1-19-23(5)115-32(14-87)55(40(19)95)124-66-20(2)41(96)57(33(15-88)120-66)126-70-53(108)62(128-73-65(51(106)47(102)30(12-85)119-73)130-68-22(4)43(98)56(34(16-89)122-68)125-69-52(107)59(37(78)28(10-83)116-69)131-76(74(110)111)6-24(91)38(79)60(132-76)44(99)26(93)8-81)49(104)36(123-70)18-114-72-64(50(105)46(101)29(11-84)118-72)129-67-21(3)42(97)58(35(17-90)121-67)127-71-54(109)63(48(103)31(13-86)117-71)134-77(75(112)113)7-25(92)39(80)61(133-77)45(100)27(94)9-82/h19-73,81-109H,6-18,79-80H2,1-5H3,(H,110,111)(H,112,113)/t19-,20+,21?,22+,23+,24-,25-,26?,27?,28?,29?,30-,31?,32?,33?,34?,35+,36?,37+,38-,39-,40?,41?,42?,43?,44?,45?,46-,47-,48+,49-,50?,51?,52+,53-,54?,55-,56+,57-,58-,59?,60?,61?,62?,63?,64-,65?,66+,67+,68+,69+,70+,71+,72+,73-,76-,77+/m1/s1. The quantitative estimate of drug-likeness (QED) is 0.0203. The van der Waals surface area contributed by atoms with Crippen molar-refractivity contribution in [3.05, 3.63) is 0 Å². The van der Waals surface area contributed by atoms with Gasteiger partial charge in [-0.2, -0.15) is 0 Å². The monoisotopic (exact) mass is 2070 g/mol. The van der Waals surface area contributed by atoms with E-state index >= 15 is 0 Å². The van der Waals surface area contributed by atoms with Crippen LogP contribution < -0.4 is 11.5 Å². The molecule has 0 aromatic carbocycles. The average molecular weight is 2080 g/mol. The van der Waals surface area contributed by atoms with E-state index in [0.29, 0.717) is 0 Å². The molecule has 11 heterocycles. The molecule has 11 aliphatic heterocycles. The highest BCUT2D eigenvalue weighted by molar-refractivity contribution is 14.1. The first-order valence-electron chi connectivity index (χ1n) is 43.7. The third kappa shape index (κ3) is 23.1. The molecular weight excluding hydrogens is 1940 g/mol. The Morgan fingerprint density at radius 3 is 1.01 bits per heavy atom. The summed E-state index contributed by atoms with van der Waals surface area (Å²) in [5.41, 5.74) is 12.1. The van der Waals surface area contributed by atoms with Gasteiger partial charge in [0.25, 0.3) is 11.6 Å². The highest BCUT2D eigenvalue weighted by Crippen LogP contribution is 2.46. The zero-order chi connectivity index (χ0) is 99.0. The van der Waals surface area contributed by atoms with Crippen LogP contribution in [0.15, 0.2) is 0 Å². The Balaban J connectivity index is 0.849. The molecule has 0 saturated carbocycles. The Morgan fingerprint density at radius 2 is 0.619 bits per heavy atom. The summed E-state index contributed by atoms with van der Waals surface area (Å²) in [6.07, 6.45) is -96.3. The molecule has 11 fully saturated rings. The molecule has 57 atom stereocenters. The van der Waals surface area contributed by atoms with E-state index in [1.165, 1.54) is 20.8 Å². The van der Waals surface area contributed by atoms with E-state index < -0.39 is 443 Å². The van der Waals surface area contributed by atoms with Crippen LogP contribution >= 0.6 is 22.6 Å². The molecule has 0 aromatic heterocycles. The summed E-state index contributed by atoms with van der Waals surface area (Å²) in [5.74, 6) is -15.1. The molecule has 0 amide bonds. The minimum Gasteiger partial charge on any atom is -0.477 e. The van der Waals surface area contributed by atoms with Crippen LogP contribution in [0.4, 0.5) is 0 Å². The lowest BCUT2D eigenvalue weighted by molar-refractivity contribution is -0.403. The van der Waals surface area contributed by atoms with E-state index in [9.17, 15) is 168 Å². The smallest absolute Gasteiger partial charge is 0.364 e. The van der Waals surface area contributed by atoms with Crippen molar-refractivity contribution in [2.75, 3.05) is 72.7 Å². The van der Waals surface area contributed by atoms with Gasteiger partial charge in [0, 0.05) is 36.5 Å². The van der Waals surface area contributed by atoms with E-state index in [1.54, 1.807) is 36.4 Å². The first kappa shape index (κ1) is 112. The SMILES string of the molecule is CC1C(O)[C@H](O[C@@H]2OC(CO)[C@H](O)C(O[C@]3(C(=O)O)C[C@@H](O)[C@@H](N)C(C(O)C(O)CO)O3)C2O)[C@H](CO)O[C@H]1O[C@@H]1C(O)[C@H](O)C(CO)O[C@@H]1OCC1O[C@@H](O[C@@H]2C(CO)O[C@@H](O[C@@H]3C(CO)O[C@@H](C)[C@@H](C)C3O)[C@@H](C)C2O)[C@H](O)C(O[C@H]2O[C@H](CO)[C@@H](O)C(O)C2O[C@@H]2OC(CO)[C@H](O[C@@H]3OC(CO)[C@H](I)C(O[C@]4(C(=O)O)C[C@@H](O)[C@@H](N)C(C(O)C(O)CO)O4)[C@@H]3O)C(O)[C@@H]2C)[C@@H]1O. The van der Waals surface area contributed by atoms with Crippen molar-refractivity contribution in [3.8, 4) is 0 Å². The lowest BCUT2D eigenvalue weighted by Crippen LogP contribution is -2.70. The van der Waals surface area contributed by atoms with E-state index in [0.717, 1.165) is 0 Å². The van der Waals surface area contributed by atoms with Gasteiger partial charge in [-0.15, -0.1) is 0 Å². The lowest BCUT2D eigenvalue weighted by atomic mass is 9.88. The summed E-state index contributed by atoms with van der Waals surface area (Å²) in [6, 6.07) is -3.26. The molecule has 57 heteroatoms. The van der Waals surface area contributed by atoms with Gasteiger partial charge in [-0.3, -0.25) is 0 Å². The largest absolute Gasteiger partial charge is 0.477 e. The molecule has 11 aliphatic rings. The van der Waals surface area contributed by atoms with Crippen LogP contribution in [-0.2, 0) is 109 Å². The predicted octanol–water partition coefficient (Wildman–Crippen LogP) is -19.0. The van der Waals surface area contributed by atoms with Gasteiger partial charge >= 0.3 is 11.9 Å². The second-order valence-corrected chi connectivity index (χ2v) is 37.0. The molecule has 11 rings (SSSR count). The summed E-state index contributed by atoms with van der Waals surface area (Å²) in [7, 11) is 0. The maximum atomic E-state index is 13.2. The Morgan fingerprint density at radius 1 is 0.328 bits per heavy atom. The number of aliphatic hydroxyl groups excluding tert-OH is 29. The molecule has 11 saturated heterocycles. The number of carboxylic acid groups (broad SMARTS) is 2. The summed E-state index contributed by atoms with van der Waals surface area (Å²) in [6.45, 7) is -4.47. The lowest BCUT2D eigenvalue weighted by Gasteiger charge is -2.51. The third-order valence-corrected chi connectivity index (χ3v) is 28.3. The fourth-order valence-electron chi connectivity index (χ4n) is 18.1. The van der Waals surface area contributed by atoms with Crippen molar-refractivity contribution in [1.82, 2.24) is 0 Å². The van der Waals surface area contributed by atoms with Crippen molar-refractivity contribution in [3.63, 3.8) is 0 Å². The zero-order valence-corrected chi connectivity index (χ0v) is 74.9. The number of nitrogens with two attached hydrogens (primary N) is 2. The van der Waals surface area contributed by atoms with Crippen molar-refractivity contribution < 1.29 is 267 Å². The second kappa shape index (κ2) is 47.6. The number of ether oxygens (including phenoxy) is 21. The number of carbonyl (C=O) groups is 2. The zero-order valence-electron chi connectivity index (χ0n) is 72.7. The van der Waals surface area contributed by atoms with Crippen LogP contribution in [0, 0.1) is 23.7 Å². The molecule has 0 radical (unpaired) electrons. The van der Waals surface area contributed by atoms with Crippen LogP contribution in [0.1, 0.15) is 47.5 Å². The number of hydrogen-bond donors (Lipinski definition) is 33. The first-order chi connectivity index (χ1) is 63.2. The first-order valence-corrected chi connectivity index (χ1v) is 44.9. The molecule has 780 valence electrons. The maximum absolute atomic E-state index is 13.2. The van der Waals surface area contributed by atoms with E-state index in [1.807, 2.05) is 0 Å². The number of rotatable bonds is 37. The number of alkyl halides is 1. The number of aliphatic hydroxyl groups is 29. The molecule has 0 aromatic rings. The van der Waals surface area contributed by atoms with Gasteiger partial charge in [-0.05, 0) is 6.92 Å². The molecule has 0 bridgehead atoms. The van der Waals surface area contributed by atoms with Crippen LogP contribution in [0.25, 0.3) is 0 Å². The number of carboxylic acids is 2. The minimum atomic E-state index is -3.17. The number of aliphatic carboxylic acids is 2. The highest BCUT2D eigenvalue weighted by Gasteiger charge is 2.65. The fraction of sp³-hybridized carbons (Fsp3) is 0.974. The topological polar surface area (TPSA) is 907 Å². The molecule has 35 N–H and O–H groups in total. The summed E-state index contributed by atoms with van der Waals surface area (Å²) >= 11 is 1.63. The van der Waals surface area contributed by atoms with Gasteiger partial charge < -0.3 is 269 Å². The Kier molecular flexibility index (Phi) is 39.8. The van der Waals surface area contributed by atoms with Gasteiger partial charge in [0.2, 0.25) is 0 Å². The molecule has 25 unspecified atom stereocenters. The second-order valence-electron chi connectivity index (χ2n) is 35.6. The van der Waals surface area contributed by atoms with Crippen LogP contribution in [0.3, 0.4) is 0 Å². The van der Waals surface area contributed by atoms with E-state index in [2.05, 4.69) is 0 Å². The van der Waals surface area contributed by atoms with Crippen LogP contribution in [0.2, 0.25) is 0 Å². The van der Waals surface area contributed by atoms with Crippen molar-refractivity contribution >= 4 is 34.5 Å². The Labute approximate surface area is 776 Å². The predicted molar refractivity (Wildman–Crippen MR) is 429 cm³/mol. The van der Waals surface area contributed by atoms with Crippen LogP contribution in [-0.4, -0.2) is 565 Å². The fourth-order valence-corrected chi connectivity index (χ4v) is 19.1. The van der Waals surface area contributed by atoms with Crippen molar-refractivity contribution in [2.24, 2.45) is 35.1 Å². The summed E-state index contributed by atoms with van der Waals surface area (Å²) in [5, 5.41) is 346. The molecule has 56 nitrogen and oxygen atoms in total. The maximum Gasteiger partial charge on any atom is 0.364 e. The van der Waals surface area contributed by atoms with Crippen LogP contribution in [0.5, 0.6) is 0 Å². The van der Waals surface area contributed by atoms with Gasteiger partial charge in [0.15, 0.2) is 50.3 Å². The summed E-state index contributed by atoms with van der Waals surface area (Å²) < 4.78 is 125. The van der Waals surface area contributed by atoms with Gasteiger partial charge in [0.05, 0.1) is 138 Å². The van der Waals surface area contributed by atoms with E-state index in [-0.39, 0.29) is 0 Å². The Hall–Kier alpha value is -2.41. The molecular formula is C77H131IN2O54. The normalized spacial score (nSPS) is 50.9. The minimum absolute atomic E-state index is 0.582. The third-order valence-electron chi connectivity index (χ3n) is 26.8.